The first-order valence-electron chi connectivity index (χ1n) is 13.4. The molecule has 1 N–H and O–H groups in total. The summed E-state index contributed by atoms with van der Waals surface area (Å²) in [5, 5.41) is 2.94. The number of benzene rings is 3. The van der Waals surface area contributed by atoms with Crippen LogP contribution in [0.2, 0.25) is 0 Å². The molecule has 3 aromatic rings. The van der Waals surface area contributed by atoms with Crippen molar-refractivity contribution >= 4 is 29.0 Å². The Morgan fingerprint density at radius 1 is 0.974 bits per heavy atom. The van der Waals surface area contributed by atoms with Gasteiger partial charge in [0.25, 0.3) is 5.91 Å². The van der Waals surface area contributed by atoms with Gasteiger partial charge in [-0.25, -0.2) is 4.39 Å². The zero-order chi connectivity index (χ0) is 25.7. The SMILES string of the molecule is O=C(Nc1ccc(F)c(N2c3ccccc3C=CC2CN2CC3(CCC3)C2)c1)c1ccc2c(c1)OCCO2. The predicted octanol–water partition coefficient (Wildman–Crippen LogP) is 5.87. The van der Waals surface area contributed by atoms with Crippen LogP contribution >= 0.6 is 0 Å². The molecule has 3 heterocycles. The van der Waals surface area contributed by atoms with Crippen LogP contribution in [0.4, 0.5) is 21.5 Å². The van der Waals surface area contributed by atoms with E-state index in [0.29, 0.717) is 47.1 Å². The van der Waals surface area contributed by atoms with Crippen LogP contribution in [0.3, 0.4) is 0 Å². The number of fused-ring (bicyclic) bond motifs is 2. The second-order valence-electron chi connectivity index (χ2n) is 10.9. The molecule has 0 radical (unpaired) electrons. The minimum atomic E-state index is -0.323. The number of carbonyl (C=O) groups excluding carboxylic acids is 1. The normalized spacial score (nSPS) is 20.9. The highest BCUT2D eigenvalue weighted by Gasteiger charge is 2.47. The Kier molecular flexibility index (Phi) is 5.62. The minimum Gasteiger partial charge on any atom is -0.486 e. The molecule has 0 bridgehead atoms. The van der Waals surface area contributed by atoms with Crippen molar-refractivity contribution in [2.45, 2.75) is 25.3 Å². The Hall–Kier alpha value is -3.84. The molecule has 6 nitrogen and oxygen atoms in total. The van der Waals surface area contributed by atoms with E-state index in [1.54, 1.807) is 30.3 Å². The van der Waals surface area contributed by atoms with Crippen molar-refractivity contribution in [1.29, 1.82) is 0 Å². The van der Waals surface area contributed by atoms with Crippen LogP contribution in [0, 0.1) is 11.2 Å². The number of anilines is 3. The van der Waals surface area contributed by atoms with E-state index in [1.165, 1.54) is 25.3 Å². The molecule has 1 amide bonds. The van der Waals surface area contributed by atoms with Gasteiger partial charge in [-0.1, -0.05) is 36.8 Å². The third kappa shape index (κ3) is 4.11. The quantitative estimate of drug-likeness (QED) is 0.465. The molecule has 7 rings (SSSR count). The molecule has 38 heavy (non-hydrogen) atoms. The van der Waals surface area contributed by atoms with Gasteiger partial charge < -0.3 is 19.7 Å². The molecule has 3 aliphatic heterocycles. The van der Waals surface area contributed by atoms with Gasteiger partial charge in [-0.3, -0.25) is 9.69 Å². The number of amides is 1. The molecule has 1 saturated heterocycles. The fourth-order valence-electron chi connectivity index (χ4n) is 6.23. The molecule has 1 unspecified atom stereocenters. The number of likely N-dealkylation sites (tertiary alicyclic amines) is 1. The molecule has 2 fully saturated rings. The Morgan fingerprint density at radius 2 is 1.79 bits per heavy atom. The highest BCUT2D eigenvalue weighted by Crippen LogP contribution is 2.48. The standard InChI is InChI=1S/C31H30FN3O3/c32-25-10-8-23(33-30(36)22-7-11-28-29(16-22)38-15-14-37-28)17-27(25)35-24(9-6-21-4-1-2-5-26(21)35)18-34-19-31(20-34)12-3-13-31/h1-2,4-11,16-17,24H,3,12-15,18-20H2,(H,33,36). The van der Waals surface area contributed by atoms with E-state index in [2.05, 4.69) is 27.3 Å². The number of carbonyl (C=O) groups is 1. The van der Waals surface area contributed by atoms with Gasteiger partial charge in [0.1, 0.15) is 19.0 Å². The fraction of sp³-hybridized carbons (Fsp3) is 0.323. The van der Waals surface area contributed by atoms with Crippen molar-refractivity contribution in [3.63, 3.8) is 0 Å². The number of hydrogen-bond donors (Lipinski definition) is 1. The Morgan fingerprint density at radius 3 is 2.61 bits per heavy atom. The minimum absolute atomic E-state index is 0.0134. The van der Waals surface area contributed by atoms with Crippen LogP contribution in [0.5, 0.6) is 11.5 Å². The average molecular weight is 512 g/mol. The first kappa shape index (κ1) is 23.3. The fourth-order valence-corrected chi connectivity index (χ4v) is 6.23. The zero-order valence-electron chi connectivity index (χ0n) is 21.2. The van der Waals surface area contributed by atoms with Crippen molar-refractivity contribution in [2.24, 2.45) is 5.41 Å². The van der Waals surface area contributed by atoms with Crippen LogP contribution in [0.15, 0.2) is 66.7 Å². The van der Waals surface area contributed by atoms with Crippen molar-refractivity contribution in [2.75, 3.05) is 43.1 Å². The van der Waals surface area contributed by atoms with Gasteiger partial charge in [-0.2, -0.15) is 0 Å². The summed E-state index contributed by atoms with van der Waals surface area (Å²) < 4.78 is 26.6. The molecule has 1 saturated carbocycles. The molecule has 194 valence electrons. The number of halogens is 1. The van der Waals surface area contributed by atoms with Gasteiger partial charge in [-0.15, -0.1) is 0 Å². The lowest BCUT2D eigenvalue weighted by atomic mass is 9.63. The van der Waals surface area contributed by atoms with Gasteiger partial charge in [0.2, 0.25) is 0 Å². The second-order valence-corrected chi connectivity index (χ2v) is 10.9. The smallest absolute Gasteiger partial charge is 0.255 e. The van der Waals surface area contributed by atoms with Gasteiger partial charge >= 0.3 is 0 Å². The lowest BCUT2D eigenvalue weighted by Crippen LogP contribution is -2.61. The number of nitrogens with zero attached hydrogens (tertiary/aromatic N) is 2. The van der Waals surface area contributed by atoms with Gasteiger partial charge in [0.15, 0.2) is 11.5 Å². The molecular weight excluding hydrogens is 481 g/mol. The van der Waals surface area contributed by atoms with E-state index in [-0.39, 0.29) is 17.8 Å². The summed E-state index contributed by atoms with van der Waals surface area (Å²) in [6.45, 7) is 4.03. The number of ether oxygens (including phenoxy) is 2. The van der Waals surface area contributed by atoms with Gasteiger partial charge in [0.05, 0.1) is 11.7 Å². The molecule has 7 heteroatoms. The summed E-state index contributed by atoms with van der Waals surface area (Å²) in [6, 6.07) is 17.9. The van der Waals surface area contributed by atoms with Crippen molar-refractivity contribution in [3.05, 3.63) is 83.7 Å². The first-order valence-corrected chi connectivity index (χ1v) is 13.4. The summed E-state index contributed by atoms with van der Waals surface area (Å²) in [6.07, 6.45) is 8.31. The first-order chi connectivity index (χ1) is 18.6. The van der Waals surface area contributed by atoms with E-state index in [9.17, 15) is 4.79 Å². The third-order valence-corrected chi connectivity index (χ3v) is 8.27. The maximum absolute atomic E-state index is 15.5. The summed E-state index contributed by atoms with van der Waals surface area (Å²) >= 11 is 0. The van der Waals surface area contributed by atoms with Crippen LogP contribution in [-0.2, 0) is 0 Å². The Labute approximate surface area is 221 Å². The predicted molar refractivity (Wildman–Crippen MR) is 146 cm³/mol. The highest BCUT2D eigenvalue weighted by atomic mass is 19.1. The van der Waals surface area contributed by atoms with Crippen molar-refractivity contribution < 1.29 is 18.7 Å². The van der Waals surface area contributed by atoms with Crippen molar-refractivity contribution in [3.8, 4) is 11.5 Å². The number of para-hydroxylation sites is 1. The molecule has 1 spiro atoms. The van der Waals surface area contributed by atoms with Gasteiger partial charge in [-0.05, 0) is 66.3 Å². The summed E-state index contributed by atoms with van der Waals surface area (Å²) in [5.41, 5.74) is 3.98. The van der Waals surface area contributed by atoms with Crippen LogP contribution in [0.1, 0.15) is 35.2 Å². The molecule has 3 aromatic carbocycles. The van der Waals surface area contributed by atoms with E-state index in [1.807, 2.05) is 24.3 Å². The van der Waals surface area contributed by atoms with E-state index in [0.717, 1.165) is 30.9 Å². The van der Waals surface area contributed by atoms with E-state index < -0.39 is 0 Å². The molecule has 0 aromatic heterocycles. The van der Waals surface area contributed by atoms with Crippen LogP contribution in [0.25, 0.3) is 6.08 Å². The monoisotopic (exact) mass is 511 g/mol. The zero-order valence-corrected chi connectivity index (χ0v) is 21.2. The van der Waals surface area contributed by atoms with Crippen LogP contribution in [-0.4, -0.2) is 49.7 Å². The second kappa shape index (κ2) is 9.17. The lowest BCUT2D eigenvalue weighted by Gasteiger charge is -2.57. The molecule has 4 aliphatic rings. The maximum Gasteiger partial charge on any atom is 0.255 e. The Balaban J connectivity index is 1.16. The van der Waals surface area contributed by atoms with Crippen molar-refractivity contribution in [1.82, 2.24) is 4.90 Å². The average Bonchev–Trinajstić information content (AvgIpc) is 2.90. The molecular formula is C31H30FN3O3. The largest absolute Gasteiger partial charge is 0.486 e. The topological polar surface area (TPSA) is 54.0 Å². The summed E-state index contributed by atoms with van der Waals surface area (Å²) in [4.78, 5) is 17.7. The molecule has 1 atom stereocenters. The van der Waals surface area contributed by atoms with E-state index >= 15 is 4.39 Å². The molecule has 1 aliphatic carbocycles. The summed E-state index contributed by atoms with van der Waals surface area (Å²) in [5.74, 6) is 0.570. The maximum atomic E-state index is 15.5. The van der Waals surface area contributed by atoms with Gasteiger partial charge in [0, 0.05) is 36.6 Å². The number of nitrogens with one attached hydrogen (secondary N) is 1. The Bertz CT molecular complexity index is 1430. The highest BCUT2D eigenvalue weighted by molar-refractivity contribution is 6.05. The van der Waals surface area contributed by atoms with Crippen LogP contribution < -0.4 is 19.7 Å². The number of rotatable bonds is 5. The lowest BCUT2D eigenvalue weighted by molar-refractivity contribution is -0.0601. The van der Waals surface area contributed by atoms with E-state index in [4.69, 9.17) is 9.47 Å². The third-order valence-electron chi connectivity index (χ3n) is 8.27. The number of hydrogen-bond acceptors (Lipinski definition) is 5. The summed E-state index contributed by atoms with van der Waals surface area (Å²) in [7, 11) is 0.